The maximum absolute atomic E-state index is 12.5. The number of carbonyl (C=O) groups is 1. The van der Waals surface area contributed by atoms with Crippen molar-refractivity contribution in [1.29, 1.82) is 0 Å². The number of sulfonamides is 1. The number of nitrogens with one attached hydrogen (secondary N) is 1. The van der Waals surface area contributed by atoms with Gasteiger partial charge in [0.05, 0.1) is 7.11 Å². The largest absolute Gasteiger partial charge is 0.453 e. The van der Waals surface area contributed by atoms with Crippen LogP contribution in [-0.2, 0) is 21.8 Å². The highest BCUT2D eigenvalue weighted by Gasteiger charge is 2.36. The third-order valence-electron chi connectivity index (χ3n) is 2.98. The third kappa shape index (κ3) is 2.79. The molecule has 20 heavy (non-hydrogen) atoms. The number of carbonyl (C=O) groups excluding carboxylic acids is 1. The molecule has 1 fully saturated rings. The first kappa shape index (κ1) is 15.2. The highest BCUT2D eigenvalue weighted by Crippen LogP contribution is 2.25. The zero-order valence-corrected chi connectivity index (χ0v) is 13.3. The summed E-state index contributed by atoms with van der Waals surface area (Å²) < 4.78 is 32.1. The molecule has 2 heterocycles. The summed E-state index contributed by atoms with van der Waals surface area (Å²) in [4.78, 5) is 11.1. The number of amides is 1. The second-order valence-corrected chi connectivity index (χ2v) is 6.90. The zero-order valence-electron chi connectivity index (χ0n) is 10.9. The van der Waals surface area contributed by atoms with Crippen molar-refractivity contribution in [2.24, 2.45) is 7.05 Å². The molecule has 1 amide bonds. The Morgan fingerprint density at radius 3 is 2.80 bits per heavy atom. The molecule has 1 atom stereocenters. The summed E-state index contributed by atoms with van der Waals surface area (Å²) in [6, 6.07) is -0.266. The molecule has 1 aromatic heterocycles. The first-order chi connectivity index (χ1) is 9.36. The van der Waals surface area contributed by atoms with Crippen molar-refractivity contribution in [3.63, 3.8) is 0 Å². The fourth-order valence-electron chi connectivity index (χ4n) is 2.01. The Hall–Kier alpha value is -1.20. The average molecular weight is 368 g/mol. The van der Waals surface area contributed by atoms with Gasteiger partial charge in [0.25, 0.3) is 10.0 Å². The minimum absolute atomic E-state index is 0.00350. The van der Waals surface area contributed by atoms with Crippen LogP contribution < -0.4 is 5.32 Å². The number of hydrogen-bond donors (Lipinski definition) is 1. The predicted molar refractivity (Wildman–Crippen MR) is 71.4 cm³/mol. The van der Waals surface area contributed by atoms with Crippen LogP contribution in [0.15, 0.2) is 9.63 Å². The Bertz CT molecular complexity index is 596. The first-order valence-electron chi connectivity index (χ1n) is 5.76. The molecule has 0 saturated carbocycles. The number of aromatic nitrogens is 3. The molecule has 11 heteroatoms. The van der Waals surface area contributed by atoms with E-state index in [1.54, 1.807) is 0 Å². The molecular weight excluding hydrogens is 354 g/mol. The molecule has 1 unspecified atom stereocenters. The van der Waals surface area contributed by atoms with Crippen molar-refractivity contribution >= 4 is 32.0 Å². The molecule has 112 valence electrons. The van der Waals surface area contributed by atoms with Crippen molar-refractivity contribution < 1.29 is 17.9 Å². The van der Waals surface area contributed by atoms with Gasteiger partial charge >= 0.3 is 6.09 Å². The minimum Gasteiger partial charge on any atom is -0.453 e. The summed E-state index contributed by atoms with van der Waals surface area (Å²) in [5, 5.41) is 9.91. The van der Waals surface area contributed by atoms with E-state index in [-0.39, 0.29) is 22.2 Å². The molecule has 1 N–H and O–H groups in total. The first-order valence-corrected chi connectivity index (χ1v) is 7.99. The van der Waals surface area contributed by atoms with Gasteiger partial charge in [-0.25, -0.2) is 17.9 Å². The number of rotatable bonds is 3. The summed E-state index contributed by atoms with van der Waals surface area (Å²) >= 11 is 3.08. The minimum atomic E-state index is -3.70. The number of halogens is 1. The molecule has 0 radical (unpaired) electrons. The fraction of sp³-hybridized carbons (Fsp3) is 0.667. The van der Waals surface area contributed by atoms with E-state index in [1.807, 2.05) is 0 Å². The summed E-state index contributed by atoms with van der Waals surface area (Å²) in [6.07, 6.45) is -0.0466. The van der Waals surface area contributed by atoms with Crippen LogP contribution in [0.4, 0.5) is 4.79 Å². The lowest BCUT2D eigenvalue weighted by molar-refractivity contribution is 0.167. The molecule has 0 aliphatic carbocycles. The van der Waals surface area contributed by atoms with Gasteiger partial charge in [-0.3, -0.25) is 0 Å². The monoisotopic (exact) mass is 367 g/mol. The lowest BCUT2D eigenvalue weighted by atomic mass is 10.3. The van der Waals surface area contributed by atoms with Crippen LogP contribution in [0, 0.1) is 0 Å². The van der Waals surface area contributed by atoms with Gasteiger partial charge in [-0.2, -0.15) is 4.31 Å². The van der Waals surface area contributed by atoms with E-state index >= 15 is 0 Å². The van der Waals surface area contributed by atoms with Crippen LogP contribution in [0.1, 0.15) is 6.42 Å². The van der Waals surface area contributed by atoms with Gasteiger partial charge in [0.2, 0.25) is 5.03 Å². The van der Waals surface area contributed by atoms with E-state index in [4.69, 9.17) is 0 Å². The maximum Gasteiger partial charge on any atom is 0.407 e. The number of aryl methyl sites for hydroxylation is 1. The van der Waals surface area contributed by atoms with Gasteiger partial charge in [0.1, 0.15) is 0 Å². The number of alkyl carbamates (subject to hydrolysis) is 1. The standard InChI is InChI=1S/C9H14BrN5O4S/c1-14-8(7(10)12-13-14)20(17,18)15-4-3-6(5-15)11-9(16)19-2/h6H,3-5H2,1-2H3,(H,11,16). The Labute approximate surface area is 124 Å². The molecule has 1 aliphatic rings. The van der Waals surface area contributed by atoms with Gasteiger partial charge in [-0.05, 0) is 22.4 Å². The smallest absolute Gasteiger partial charge is 0.407 e. The van der Waals surface area contributed by atoms with Crippen molar-refractivity contribution in [3.8, 4) is 0 Å². The number of ether oxygens (including phenoxy) is 1. The maximum atomic E-state index is 12.5. The normalized spacial score (nSPS) is 20.1. The molecule has 9 nitrogen and oxygen atoms in total. The van der Waals surface area contributed by atoms with Crippen LogP contribution in [-0.4, -0.2) is 60.1 Å². The fourth-order valence-corrected chi connectivity index (χ4v) is 4.54. The van der Waals surface area contributed by atoms with Crippen molar-refractivity contribution in [2.45, 2.75) is 17.5 Å². The average Bonchev–Trinajstić information content (AvgIpc) is 2.97. The Kier molecular flexibility index (Phi) is 4.30. The van der Waals surface area contributed by atoms with Crippen LogP contribution >= 0.6 is 15.9 Å². The highest BCUT2D eigenvalue weighted by atomic mass is 79.9. The van der Waals surface area contributed by atoms with Crippen LogP contribution in [0.3, 0.4) is 0 Å². The van der Waals surface area contributed by atoms with E-state index in [0.717, 1.165) is 0 Å². The number of methoxy groups -OCH3 is 1. The van der Waals surface area contributed by atoms with E-state index in [1.165, 1.54) is 23.1 Å². The highest BCUT2D eigenvalue weighted by molar-refractivity contribution is 9.10. The summed E-state index contributed by atoms with van der Waals surface area (Å²) in [6.45, 7) is 0.504. The van der Waals surface area contributed by atoms with Gasteiger partial charge in [-0.15, -0.1) is 5.10 Å². The van der Waals surface area contributed by atoms with Gasteiger partial charge < -0.3 is 10.1 Å². The Morgan fingerprint density at radius 1 is 1.55 bits per heavy atom. The predicted octanol–water partition coefficient (Wildman–Crippen LogP) is -0.303. The summed E-state index contributed by atoms with van der Waals surface area (Å²) in [7, 11) is -0.934. The summed E-state index contributed by atoms with van der Waals surface area (Å²) in [5.41, 5.74) is 0. The molecule has 1 aliphatic heterocycles. The van der Waals surface area contributed by atoms with Gasteiger partial charge in [-0.1, -0.05) is 5.21 Å². The molecule has 0 bridgehead atoms. The zero-order chi connectivity index (χ0) is 14.9. The van der Waals surface area contributed by atoms with Crippen molar-refractivity contribution in [1.82, 2.24) is 24.6 Å². The molecule has 0 spiro atoms. The van der Waals surface area contributed by atoms with E-state index in [2.05, 4.69) is 36.3 Å². The molecule has 2 rings (SSSR count). The SMILES string of the molecule is COC(=O)NC1CCN(S(=O)(=O)c2c(Br)nnn2C)C1. The van der Waals surface area contributed by atoms with Crippen LogP contribution in [0.25, 0.3) is 0 Å². The molecular formula is C9H14BrN5O4S. The van der Waals surface area contributed by atoms with E-state index in [9.17, 15) is 13.2 Å². The number of hydrogen-bond acceptors (Lipinski definition) is 6. The van der Waals surface area contributed by atoms with Crippen molar-refractivity contribution in [2.75, 3.05) is 20.2 Å². The van der Waals surface area contributed by atoms with Crippen LogP contribution in [0.5, 0.6) is 0 Å². The summed E-state index contributed by atoms with van der Waals surface area (Å²) in [5.74, 6) is 0. The molecule has 1 aromatic rings. The quantitative estimate of drug-likeness (QED) is 0.785. The second-order valence-electron chi connectivity index (χ2n) is 4.29. The van der Waals surface area contributed by atoms with Crippen molar-refractivity contribution in [3.05, 3.63) is 4.60 Å². The second kappa shape index (κ2) is 5.66. The van der Waals surface area contributed by atoms with Crippen LogP contribution in [0.2, 0.25) is 0 Å². The third-order valence-corrected chi connectivity index (χ3v) is 5.73. The Balaban J connectivity index is 2.15. The van der Waals surface area contributed by atoms with Gasteiger partial charge in [0.15, 0.2) is 4.60 Å². The number of nitrogens with zero attached hydrogens (tertiary/aromatic N) is 4. The topological polar surface area (TPSA) is 106 Å². The lowest BCUT2D eigenvalue weighted by Crippen LogP contribution is -2.38. The van der Waals surface area contributed by atoms with E-state index < -0.39 is 16.1 Å². The molecule has 1 saturated heterocycles. The van der Waals surface area contributed by atoms with Gasteiger partial charge in [0, 0.05) is 26.2 Å². The van der Waals surface area contributed by atoms with E-state index in [0.29, 0.717) is 13.0 Å². The molecule has 0 aromatic carbocycles. The Morgan fingerprint density at radius 2 is 2.25 bits per heavy atom. The lowest BCUT2D eigenvalue weighted by Gasteiger charge is -2.16.